The Morgan fingerprint density at radius 1 is 1.05 bits per heavy atom. The van der Waals surface area contributed by atoms with Crippen LogP contribution in [0.25, 0.3) is 10.1 Å². The van der Waals surface area contributed by atoms with Crippen molar-refractivity contribution in [1.82, 2.24) is 4.90 Å². The van der Waals surface area contributed by atoms with Crippen LogP contribution in [-0.2, 0) is 0 Å². The van der Waals surface area contributed by atoms with E-state index in [4.69, 9.17) is 9.47 Å². The first kappa shape index (κ1) is 25.3. The van der Waals surface area contributed by atoms with Crippen LogP contribution in [0.2, 0.25) is 0 Å². The summed E-state index contributed by atoms with van der Waals surface area (Å²) in [6.45, 7) is 10.4. The van der Waals surface area contributed by atoms with Gasteiger partial charge in [0.25, 0.3) is 0 Å². The Bertz CT molecular complexity index is 1410. The predicted molar refractivity (Wildman–Crippen MR) is 150 cm³/mol. The molecule has 1 atom stereocenters. The van der Waals surface area contributed by atoms with Crippen molar-refractivity contribution in [2.75, 3.05) is 26.2 Å². The van der Waals surface area contributed by atoms with Crippen LogP contribution in [0.4, 0.5) is 0 Å². The van der Waals surface area contributed by atoms with Gasteiger partial charge in [-0.05, 0) is 87.2 Å². The Kier molecular flexibility index (Phi) is 7.49. The molecule has 1 aromatic heterocycles. The van der Waals surface area contributed by atoms with E-state index in [1.807, 2.05) is 56.3 Å². The van der Waals surface area contributed by atoms with Crippen molar-refractivity contribution in [3.63, 3.8) is 0 Å². The molecule has 6 heteroatoms. The maximum Gasteiger partial charge on any atom is 0.207 e. The van der Waals surface area contributed by atoms with Crippen molar-refractivity contribution in [1.29, 1.82) is 0 Å². The quantitative estimate of drug-likeness (QED) is 0.186. The molecule has 0 saturated carbocycles. The Morgan fingerprint density at radius 2 is 1.84 bits per heavy atom. The lowest BCUT2D eigenvalue weighted by Gasteiger charge is -2.15. The molecule has 1 fully saturated rings. The van der Waals surface area contributed by atoms with Crippen LogP contribution in [0.3, 0.4) is 0 Å². The third-order valence-electron chi connectivity index (χ3n) is 6.90. The molecule has 0 aliphatic carbocycles. The van der Waals surface area contributed by atoms with Crippen LogP contribution in [0, 0.1) is 19.8 Å². The smallest absolute Gasteiger partial charge is 0.207 e. The number of ketones is 1. The van der Waals surface area contributed by atoms with Crippen LogP contribution in [0.15, 0.2) is 60.7 Å². The van der Waals surface area contributed by atoms with Crippen molar-refractivity contribution >= 4 is 27.2 Å². The van der Waals surface area contributed by atoms with Gasteiger partial charge >= 0.3 is 0 Å². The highest BCUT2D eigenvalue weighted by Gasteiger charge is 2.23. The molecule has 2 heterocycles. The highest BCUT2D eigenvalue weighted by molar-refractivity contribution is 7.21. The Morgan fingerprint density at radius 3 is 2.57 bits per heavy atom. The number of likely N-dealkylation sites (tertiary alicyclic amines) is 1. The number of hydrogen-bond donors (Lipinski definition) is 1. The zero-order chi connectivity index (χ0) is 25.9. The summed E-state index contributed by atoms with van der Waals surface area (Å²) in [7, 11) is 0. The summed E-state index contributed by atoms with van der Waals surface area (Å²) in [5, 5.41) is 10.8. The minimum absolute atomic E-state index is 0.0828. The van der Waals surface area contributed by atoms with E-state index in [1.54, 1.807) is 18.2 Å². The second kappa shape index (κ2) is 11.0. The topological polar surface area (TPSA) is 59.0 Å². The highest BCUT2D eigenvalue weighted by Crippen LogP contribution is 2.43. The number of carbonyl (C=O) groups is 1. The molecular weight excluding hydrogens is 482 g/mol. The number of benzene rings is 3. The van der Waals surface area contributed by atoms with Crippen LogP contribution in [-0.4, -0.2) is 42.0 Å². The fourth-order valence-corrected chi connectivity index (χ4v) is 6.05. The van der Waals surface area contributed by atoms with E-state index in [1.165, 1.54) is 30.8 Å². The molecule has 5 rings (SSSR count). The van der Waals surface area contributed by atoms with Gasteiger partial charge in [-0.1, -0.05) is 30.7 Å². The number of nitrogens with zero attached hydrogens (tertiary/aromatic N) is 1. The molecule has 3 aromatic carbocycles. The van der Waals surface area contributed by atoms with Crippen molar-refractivity contribution in [3.8, 4) is 23.0 Å². The lowest BCUT2D eigenvalue weighted by atomic mass is 10.0. The van der Waals surface area contributed by atoms with Crippen molar-refractivity contribution < 1.29 is 19.4 Å². The van der Waals surface area contributed by atoms with Gasteiger partial charge in [0, 0.05) is 28.7 Å². The van der Waals surface area contributed by atoms with Gasteiger partial charge in [0.15, 0.2) is 5.75 Å². The summed E-state index contributed by atoms with van der Waals surface area (Å²) < 4.78 is 13.1. The van der Waals surface area contributed by atoms with E-state index in [0.717, 1.165) is 45.8 Å². The zero-order valence-corrected chi connectivity index (χ0v) is 22.4. The number of fused-ring (bicyclic) bond motifs is 1. The molecule has 37 heavy (non-hydrogen) atoms. The van der Waals surface area contributed by atoms with Gasteiger partial charge in [0.05, 0.1) is 6.61 Å². The van der Waals surface area contributed by atoms with E-state index in [0.29, 0.717) is 28.5 Å². The van der Waals surface area contributed by atoms with Gasteiger partial charge in [0.1, 0.15) is 22.1 Å². The summed E-state index contributed by atoms with van der Waals surface area (Å²) in [6, 6.07) is 18.5. The summed E-state index contributed by atoms with van der Waals surface area (Å²) in [6.07, 6.45) is 2.30. The number of hydrogen-bond acceptors (Lipinski definition) is 6. The number of phenolic OH excluding ortho intramolecular Hbond substituents is 1. The molecule has 1 aliphatic rings. The maximum atomic E-state index is 13.6. The van der Waals surface area contributed by atoms with Gasteiger partial charge in [-0.15, -0.1) is 11.3 Å². The van der Waals surface area contributed by atoms with Gasteiger partial charge < -0.3 is 19.5 Å². The highest BCUT2D eigenvalue weighted by atomic mass is 32.1. The van der Waals surface area contributed by atoms with Crippen LogP contribution in [0.1, 0.15) is 46.1 Å². The third-order valence-corrected chi connectivity index (χ3v) is 8.03. The van der Waals surface area contributed by atoms with Gasteiger partial charge in [0.2, 0.25) is 5.78 Å². The fraction of sp³-hybridized carbons (Fsp3) is 0.323. The van der Waals surface area contributed by atoms with Crippen molar-refractivity contribution in [2.24, 2.45) is 5.92 Å². The molecule has 1 saturated heterocycles. The van der Waals surface area contributed by atoms with Crippen molar-refractivity contribution in [2.45, 2.75) is 33.6 Å². The molecule has 0 spiro atoms. The molecule has 1 N–H and O–H groups in total. The first-order valence-corrected chi connectivity index (χ1v) is 13.7. The van der Waals surface area contributed by atoms with E-state index in [9.17, 15) is 9.90 Å². The standard InChI is InChI=1S/C31H33NO4S/c1-20-5-11-26(22(3)17-20)29(34)31-30(27-12-6-23(33)18-28(27)37-31)36-25-9-7-24(8-10-25)35-16-4-14-32-15-13-21(2)19-32/h5-12,17-18,21,33H,4,13-16,19H2,1-3H3/t21-/m1/s1. The van der Waals surface area contributed by atoms with Gasteiger partial charge in [-0.3, -0.25) is 4.79 Å². The first-order chi connectivity index (χ1) is 17.9. The van der Waals surface area contributed by atoms with Crippen LogP contribution in [0.5, 0.6) is 23.0 Å². The van der Waals surface area contributed by atoms with E-state index in [-0.39, 0.29) is 11.5 Å². The second-order valence-electron chi connectivity index (χ2n) is 10.1. The number of carbonyl (C=O) groups excluding carboxylic acids is 1. The molecule has 0 unspecified atom stereocenters. The fourth-order valence-electron chi connectivity index (χ4n) is 4.93. The lowest BCUT2D eigenvalue weighted by Crippen LogP contribution is -2.22. The molecule has 0 amide bonds. The average molecular weight is 516 g/mol. The monoisotopic (exact) mass is 515 g/mol. The SMILES string of the molecule is Cc1ccc(C(=O)c2sc3cc(O)ccc3c2Oc2ccc(OCCCN3CC[C@@H](C)C3)cc2)c(C)c1. The molecular formula is C31H33NO4S. The van der Waals surface area contributed by atoms with Crippen molar-refractivity contribution in [3.05, 3.63) is 82.2 Å². The number of rotatable bonds is 9. The molecule has 192 valence electrons. The molecule has 0 radical (unpaired) electrons. The number of thiophene rings is 1. The normalized spacial score (nSPS) is 15.8. The number of phenols is 1. The number of aromatic hydroxyl groups is 1. The number of ether oxygens (including phenoxy) is 2. The molecule has 0 bridgehead atoms. The number of aryl methyl sites for hydroxylation is 2. The molecule has 1 aliphatic heterocycles. The predicted octanol–water partition coefficient (Wildman–Crippen LogP) is 7.36. The Labute approximate surface area is 222 Å². The van der Waals surface area contributed by atoms with E-state index >= 15 is 0 Å². The Hall–Kier alpha value is -3.35. The summed E-state index contributed by atoms with van der Waals surface area (Å²) in [4.78, 5) is 16.6. The minimum atomic E-state index is -0.0828. The summed E-state index contributed by atoms with van der Waals surface area (Å²) in [5.74, 6) is 2.82. The second-order valence-corrected chi connectivity index (χ2v) is 11.1. The first-order valence-electron chi connectivity index (χ1n) is 12.9. The van der Waals surface area contributed by atoms with Crippen LogP contribution >= 0.6 is 11.3 Å². The van der Waals surface area contributed by atoms with E-state index in [2.05, 4.69) is 11.8 Å². The van der Waals surface area contributed by atoms with Gasteiger partial charge in [-0.2, -0.15) is 0 Å². The minimum Gasteiger partial charge on any atom is -0.508 e. The third kappa shape index (κ3) is 5.81. The molecule has 5 nitrogen and oxygen atoms in total. The average Bonchev–Trinajstić information content (AvgIpc) is 3.45. The van der Waals surface area contributed by atoms with Gasteiger partial charge in [-0.25, -0.2) is 0 Å². The zero-order valence-electron chi connectivity index (χ0n) is 21.6. The lowest BCUT2D eigenvalue weighted by molar-refractivity contribution is 0.104. The molecule has 4 aromatic rings. The largest absolute Gasteiger partial charge is 0.508 e. The summed E-state index contributed by atoms with van der Waals surface area (Å²) in [5.41, 5.74) is 2.69. The van der Waals surface area contributed by atoms with E-state index < -0.39 is 0 Å². The Balaban J connectivity index is 1.32. The summed E-state index contributed by atoms with van der Waals surface area (Å²) >= 11 is 1.34. The maximum absolute atomic E-state index is 13.6. The van der Waals surface area contributed by atoms with Crippen LogP contribution < -0.4 is 9.47 Å².